The summed E-state index contributed by atoms with van der Waals surface area (Å²) in [5.74, 6) is -1.63. The van der Waals surface area contributed by atoms with Crippen molar-refractivity contribution in [2.45, 2.75) is 12.9 Å². The van der Waals surface area contributed by atoms with E-state index < -0.39 is 24.8 Å². The van der Waals surface area contributed by atoms with Crippen molar-refractivity contribution in [1.29, 1.82) is 0 Å². The topological polar surface area (TPSA) is 64.6 Å². The van der Waals surface area contributed by atoms with Crippen molar-refractivity contribution in [3.63, 3.8) is 0 Å². The highest BCUT2D eigenvalue weighted by atomic mass is 35.5. The Bertz CT molecular complexity index is 851. The number of alkyl halides is 3. The molecular formula is C19H15ClF3NO4. The normalized spacial score (nSPS) is 11.3. The number of carbonyl (C=O) groups is 2. The monoisotopic (exact) mass is 413 g/mol. The Morgan fingerprint density at radius 2 is 1.82 bits per heavy atom. The lowest BCUT2D eigenvalue weighted by Gasteiger charge is -2.08. The van der Waals surface area contributed by atoms with Gasteiger partial charge in [0.05, 0.1) is 0 Å². The average Bonchev–Trinajstić information content (AvgIpc) is 2.63. The van der Waals surface area contributed by atoms with Gasteiger partial charge in [0.25, 0.3) is 5.91 Å². The third-order valence-electron chi connectivity index (χ3n) is 3.25. The van der Waals surface area contributed by atoms with E-state index in [0.29, 0.717) is 10.6 Å². The number of hydrogen-bond acceptors (Lipinski definition) is 4. The molecule has 0 fully saturated rings. The van der Waals surface area contributed by atoms with E-state index in [1.165, 1.54) is 18.2 Å². The predicted molar refractivity (Wildman–Crippen MR) is 96.4 cm³/mol. The van der Waals surface area contributed by atoms with Crippen LogP contribution in [0.4, 0.5) is 13.2 Å². The standard InChI is InChI=1S/C19H15ClF3NO4/c20-15-3-1-2-14(10-15)11-24-17(25)12-27-18(26)9-6-13-4-7-16(8-5-13)28-19(21,22)23/h1-10H,11-12H2,(H,24,25)/b9-6+. The van der Waals surface area contributed by atoms with Gasteiger partial charge in [0.15, 0.2) is 6.61 Å². The highest BCUT2D eigenvalue weighted by Gasteiger charge is 2.30. The zero-order chi connectivity index (χ0) is 20.6. The Kier molecular flexibility index (Phi) is 7.45. The number of benzene rings is 2. The first-order valence-electron chi connectivity index (χ1n) is 7.93. The SMILES string of the molecule is O=C(COC(=O)/C=C/c1ccc(OC(F)(F)F)cc1)NCc1cccc(Cl)c1. The molecule has 0 unspecified atom stereocenters. The van der Waals surface area contributed by atoms with Gasteiger partial charge in [-0.2, -0.15) is 0 Å². The van der Waals surface area contributed by atoms with Gasteiger partial charge in [-0.15, -0.1) is 13.2 Å². The van der Waals surface area contributed by atoms with Crippen LogP contribution in [0.15, 0.2) is 54.6 Å². The summed E-state index contributed by atoms with van der Waals surface area (Å²) >= 11 is 5.84. The van der Waals surface area contributed by atoms with Gasteiger partial charge in [-0.25, -0.2) is 4.79 Å². The molecule has 0 radical (unpaired) electrons. The molecule has 0 atom stereocenters. The van der Waals surface area contributed by atoms with Gasteiger partial charge < -0.3 is 14.8 Å². The van der Waals surface area contributed by atoms with Gasteiger partial charge >= 0.3 is 12.3 Å². The fourth-order valence-electron chi connectivity index (χ4n) is 2.03. The van der Waals surface area contributed by atoms with E-state index in [1.807, 2.05) is 0 Å². The van der Waals surface area contributed by atoms with Crippen LogP contribution in [0.25, 0.3) is 6.08 Å². The minimum atomic E-state index is -4.77. The molecule has 2 aromatic rings. The van der Waals surface area contributed by atoms with E-state index in [0.717, 1.165) is 23.8 Å². The number of hydrogen-bond donors (Lipinski definition) is 1. The molecule has 0 aliphatic heterocycles. The Morgan fingerprint density at radius 3 is 2.46 bits per heavy atom. The van der Waals surface area contributed by atoms with E-state index >= 15 is 0 Å². The molecule has 0 saturated heterocycles. The molecule has 2 rings (SSSR count). The van der Waals surface area contributed by atoms with E-state index in [-0.39, 0.29) is 12.3 Å². The molecule has 0 aromatic heterocycles. The molecule has 1 amide bonds. The third kappa shape index (κ3) is 8.13. The van der Waals surface area contributed by atoms with Crippen LogP contribution >= 0.6 is 11.6 Å². The van der Waals surface area contributed by atoms with Gasteiger partial charge in [-0.05, 0) is 41.5 Å². The number of amides is 1. The number of nitrogens with one attached hydrogen (secondary N) is 1. The van der Waals surface area contributed by atoms with E-state index in [9.17, 15) is 22.8 Å². The van der Waals surface area contributed by atoms with Crippen molar-refractivity contribution in [2.24, 2.45) is 0 Å². The van der Waals surface area contributed by atoms with Gasteiger partial charge in [0, 0.05) is 17.6 Å². The highest BCUT2D eigenvalue weighted by Crippen LogP contribution is 2.23. The van der Waals surface area contributed by atoms with Crippen LogP contribution in [0.2, 0.25) is 5.02 Å². The van der Waals surface area contributed by atoms with Crippen LogP contribution < -0.4 is 10.1 Å². The molecule has 148 valence electrons. The van der Waals surface area contributed by atoms with Crippen LogP contribution in [-0.4, -0.2) is 24.8 Å². The van der Waals surface area contributed by atoms with Gasteiger partial charge in [-0.1, -0.05) is 35.9 Å². The second kappa shape index (κ2) is 9.80. The molecule has 2 aromatic carbocycles. The summed E-state index contributed by atoms with van der Waals surface area (Å²) < 4.78 is 44.8. The minimum Gasteiger partial charge on any atom is -0.452 e. The maximum absolute atomic E-state index is 12.1. The summed E-state index contributed by atoms with van der Waals surface area (Å²) in [6.45, 7) is -0.235. The first-order chi connectivity index (χ1) is 13.2. The zero-order valence-electron chi connectivity index (χ0n) is 14.3. The smallest absolute Gasteiger partial charge is 0.452 e. The van der Waals surface area contributed by atoms with E-state index in [2.05, 4.69) is 10.1 Å². The Balaban J connectivity index is 1.74. The number of carbonyl (C=O) groups excluding carboxylic acids is 2. The lowest BCUT2D eigenvalue weighted by atomic mass is 10.2. The Labute approximate surface area is 163 Å². The number of esters is 1. The molecule has 0 aliphatic rings. The molecule has 0 heterocycles. The first-order valence-corrected chi connectivity index (χ1v) is 8.31. The van der Waals surface area contributed by atoms with Crippen LogP contribution in [0, 0.1) is 0 Å². The fraction of sp³-hybridized carbons (Fsp3) is 0.158. The summed E-state index contributed by atoms with van der Waals surface area (Å²) in [6.07, 6.45) is -2.37. The molecule has 0 spiro atoms. The molecule has 9 heteroatoms. The fourth-order valence-corrected chi connectivity index (χ4v) is 2.24. The molecule has 0 saturated carbocycles. The van der Waals surface area contributed by atoms with Gasteiger partial charge in [0.1, 0.15) is 5.75 Å². The van der Waals surface area contributed by atoms with Gasteiger partial charge in [0.2, 0.25) is 0 Å². The molecular weight excluding hydrogens is 399 g/mol. The summed E-state index contributed by atoms with van der Waals surface area (Å²) in [4.78, 5) is 23.3. The van der Waals surface area contributed by atoms with Crippen LogP contribution in [0.3, 0.4) is 0 Å². The third-order valence-corrected chi connectivity index (χ3v) is 3.48. The number of rotatable bonds is 7. The first kappa shape index (κ1) is 21.3. The summed E-state index contributed by atoms with van der Waals surface area (Å²) in [5, 5.41) is 3.12. The van der Waals surface area contributed by atoms with Crippen LogP contribution in [0.1, 0.15) is 11.1 Å². The highest BCUT2D eigenvalue weighted by molar-refractivity contribution is 6.30. The Hall–Kier alpha value is -3.00. The Morgan fingerprint density at radius 1 is 1.11 bits per heavy atom. The van der Waals surface area contributed by atoms with Crippen molar-refractivity contribution in [3.05, 3.63) is 70.8 Å². The van der Waals surface area contributed by atoms with Crippen LogP contribution in [-0.2, 0) is 20.9 Å². The molecule has 5 nitrogen and oxygen atoms in total. The maximum Gasteiger partial charge on any atom is 0.573 e. The van der Waals surface area contributed by atoms with Gasteiger partial charge in [-0.3, -0.25) is 4.79 Å². The quantitative estimate of drug-likeness (QED) is 0.548. The van der Waals surface area contributed by atoms with Crippen molar-refractivity contribution in [1.82, 2.24) is 5.32 Å². The lowest BCUT2D eigenvalue weighted by Crippen LogP contribution is -2.28. The van der Waals surface area contributed by atoms with E-state index in [1.54, 1.807) is 24.3 Å². The lowest BCUT2D eigenvalue weighted by molar-refractivity contribution is -0.274. The van der Waals surface area contributed by atoms with Crippen molar-refractivity contribution >= 4 is 29.6 Å². The summed E-state index contributed by atoms with van der Waals surface area (Å²) in [7, 11) is 0. The second-order valence-electron chi connectivity index (χ2n) is 5.46. The van der Waals surface area contributed by atoms with E-state index in [4.69, 9.17) is 16.3 Å². The summed E-state index contributed by atoms with van der Waals surface area (Å²) in [5.41, 5.74) is 1.25. The molecule has 0 bridgehead atoms. The van der Waals surface area contributed by atoms with Crippen molar-refractivity contribution < 1.29 is 32.2 Å². The average molecular weight is 414 g/mol. The molecule has 28 heavy (non-hydrogen) atoms. The predicted octanol–water partition coefficient (Wildman–Crippen LogP) is 4.11. The second-order valence-corrected chi connectivity index (χ2v) is 5.90. The van der Waals surface area contributed by atoms with Crippen molar-refractivity contribution in [2.75, 3.05) is 6.61 Å². The molecule has 0 aliphatic carbocycles. The number of halogens is 4. The number of ether oxygens (including phenoxy) is 2. The molecule has 1 N–H and O–H groups in total. The van der Waals surface area contributed by atoms with Crippen LogP contribution in [0.5, 0.6) is 5.75 Å². The van der Waals surface area contributed by atoms with Crippen molar-refractivity contribution in [3.8, 4) is 5.75 Å². The maximum atomic E-state index is 12.1. The zero-order valence-corrected chi connectivity index (χ0v) is 15.1. The largest absolute Gasteiger partial charge is 0.573 e. The summed E-state index contributed by atoms with van der Waals surface area (Å²) in [6, 6.07) is 11.8. The minimum absolute atomic E-state index is 0.235.